The highest BCUT2D eigenvalue weighted by Crippen LogP contribution is 2.40. The summed E-state index contributed by atoms with van der Waals surface area (Å²) in [5, 5.41) is 3.13. The largest absolute Gasteiger partial charge is 0.356 e. The molecule has 2 aromatic carbocycles. The van der Waals surface area contributed by atoms with Crippen molar-refractivity contribution in [1.82, 2.24) is 10.2 Å². The van der Waals surface area contributed by atoms with Gasteiger partial charge in [0.2, 0.25) is 11.8 Å². The lowest BCUT2D eigenvalue weighted by molar-refractivity contribution is -0.134. The molecule has 1 N–H and O–H groups in total. The Bertz CT molecular complexity index is 934. The average molecular weight is 405 g/mol. The van der Waals surface area contributed by atoms with Crippen LogP contribution in [0.5, 0.6) is 0 Å². The van der Waals surface area contributed by atoms with Crippen molar-refractivity contribution >= 4 is 11.8 Å². The van der Waals surface area contributed by atoms with Gasteiger partial charge in [-0.05, 0) is 55.7 Å². The molecule has 0 aromatic heterocycles. The van der Waals surface area contributed by atoms with Gasteiger partial charge in [-0.1, -0.05) is 61.0 Å². The fourth-order valence-corrected chi connectivity index (χ4v) is 4.62. The second-order valence-corrected chi connectivity index (χ2v) is 9.02. The molecule has 30 heavy (non-hydrogen) atoms. The zero-order valence-electron chi connectivity index (χ0n) is 18.1. The van der Waals surface area contributed by atoms with E-state index in [0.29, 0.717) is 26.1 Å². The van der Waals surface area contributed by atoms with Crippen molar-refractivity contribution in [2.24, 2.45) is 11.3 Å². The van der Waals surface area contributed by atoms with Gasteiger partial charge in [-0.3, -0.25) is 9.59 Å². The third-order valence-electron chi connectivity index (χ3n) is 6.48. The molecule has 2 amide bonds. The topological polar surface area (TPSA) is 49.4 Å². The number of hydrogen-bond acceptors (Lipinski definition) is 2. The van der Waals surface area contributed by atoms with Gasteiger partial charge in [-0.15, -0.1) is 0 Å². The molecule has 0 radical (unpaired) electrons. The van der Waals surface area contributed by atoms with Gasteiger partial charge in [0.1, 0.15) is 0 Å². The second-order valence-electron chi connectivity index (χ2n) is 9.02. The van der Waals surface area contributed by atoms with Crippen LogP contribution < -0.4 is 5.32 Å². The van der Waals surface area contributed by atoms with E-state index in [-0.39, 0.29) is 17.7 Å². The van der Waals surface area contributed by atoms with E-state index in [4.69, 9.17) is 0 Å². The predicted octanol–water partition coefficient (Wildman–Crippen LogP) is 4.36. The third-order valence-corrected chi connectivity index (χ3v) is 6.48. The van der Waals surface area contributed by atoms with Crippen LogP contribution in [0.25, 0.3) is 11.1 Å². The maximum Gasteiger partial charge on any atom is 0.228 e. The Labute approximate surface area is 179 Å². The number of carbonyl (C=O) groups is 2. The molecule has 4 nitrogen and oxygen atoms in total. The molecule has 1 heterocycles. The van der Waals surface area contributed by atoms with Gasteiger partial charge in [0, 0.05) is 25.6 Å². The minimum Gasteiger partial charge on any atom is -0.356 e. The number of carbonyl (C=O) groups excluding carboxylic acids is 2. The zero-order chi connectivity index (χ0) is 21.1. The summed E-state index contributed by atoms with van der Waals surface area (Å²) in [4.78, 5) is 28.0. The van der Waals surface area contributed by atoms with Gasteiger partial charge < -0.3 is 10.2 Å². The van der Waals surface area contributed by atoms with E-state index in [1.165, 1.54) is 22.3 Å². The Morgan fingerprint density at radius 3 is 2.67 bits per heavy atom. The van der Waals surface area contributed by atoms with Gasteiger partial charge in [0.15, 0.2) is 0 Å². The van der Waals surface area contributed by atoms with Gasteiger partial charge in [0.05, 0.1) is 5.41 Å². The minimum atomic E-state index is -0.556. The van der Waals surface area contributed by atoms with Crippen molar-refractivity contribution in [2.75, 3.05) is 19.6 Å². The van der Waals surface area contributed by atoms with Crippen molar-refractivity contribution < 1.29 is 9.59 Å². The van der Waals surface area contributed by atoms with Crippen LogP contribution >= 0.6 is 0 Å². The molecule has 0 bridgehead atoms. The number of nitrogens with one attached hydrogen (secondary N) is 1. The molecular weight excluding hydrogens is 372 g/mol. The van der Waals surface area contributed by atoms with E-state index in [1.807, 2.05) is 11.0 Å². The molecule has 1 atom stereocenters. The number of amides is 2. The number of likely N-dealkylation sites (tertiary alicyclic amines) is 1. The Morgan fingerprint density at radius 2 is 1.93 bits per heavy atom. The van der Waals surface area contributed by atoms with E-state index in [0.717, 1.165) is 25.7 Å². The molecule has 1 aliphatic carbocycles. The lowest BCUT2D eigenvalue weighted by Gasteiger charge is -2.29. The fraction of sp³-hybridized carbons (Fsp3) is 0.462. The molecule has 0 unspecified atom stereocenters. The van der Waals surface area contributed by atoms with Gasteiger partial charge in [-0.2, -0.15) is 0 Å². The van der Waals surface area contributed by atoms with Crippen LogP contribution in [-0.4, -0.2) is 36.3 Å². The first-order valence-corrected chi connectivity index (χ1v) is 11.2. The summed E-state index contributed by atoms with van der Waals surface area (Å²) in [6.45, 7) is 6.06. The molecule has 158 valence electrons. The predicted molar refractivity (Wildman–Crippen MR) is 120 cm³/mol. The van der Waals surface area contributed by atoms with Gasteiger partial charge in [-0.25, -0.2) is 0 Å². The van der Waals surface area contributed by atoms with E-state index in [9.17, 15) is 9.59 Å². The summed E-state index contributed by atoms with van der Waals surface area (Å²) in [6.07, 6.45) is 4.29. The van der Waals surface area contributed by atoms with Crippen LogP contribution in [0, 0.1) is 18.3 Å². The van der Waals surface area contributed by atoms with Crippen LogP contribution in [0.4, 0.5) is 0 Å². The van der Waals surface area contributed by atoms with Crippen molar-refractivity contribution in [3.8, 4) is 11.1 Å². The number of aryl methyl sites for hydroxylation is 1. The lowest BCUT2D eigenvalue weighted by atomic mass is 9.78. The summed E-state index contributed by atoms with van der Waals surface area (Å²) in [5.74, 6) is 0.528. The first kappa shape index (κ1) is 20.6. The van der Waals surface area contributed by atoms with Crippen molar-refractivity contribution in [1.29, 1.82) is 0 Å². The summed E-state index contributed by atoms with van der Waals surface area (Å²) in [5.41, 5.74) is 4.20. The Morgan fingerprint density at radius 1 is 1.13 bits per heavy atom. The number of benzene rings is 2. The first-order chi connectivity index (χ1) is 14.5. The highest BCUT2D eigenvalue weighted by atomic mass is 16.2. The molecule has 4 heteroatoms. The van der Waals surface area contributed by atoms with Crippen LogP contribution in [0.2, 0.25) is 0 Å². The van der Waals surface area contributed by atoms with Crippen LogP contribution in [0.3, 0.4) is 0 Å². The third kappa shape index (κ3) is 4.28. The SMILES string of the molecule is CCCNC(=O)[C@@]1(Cc2ccccc2-c2cccc(C)c2)CCN(C(=O)C2CC2)C1. The van der Waals surface area contributed by atoms with Crippen LogP contribution in [-0.2, 0) is 16.0 Å². The van der Waals surface area contributed by atoms with Crippen molar-refractivity contribution in [3.05, 3.63) is 59.7 Å². The highest BCUT2D eigenvalue weighted by molar-refractivity contribution is 5.87. The van der Waals surface area contributed by atoms with E-state index < -0.39 is 5.41 Å². The standard InChI is InChI=1S/C26H32N2O2/c1-3-14-27-25(30)26(13-15-28(18-26)24(29)20-11-12-20)17-22-8-4-5-10-23(22)21-9-6-7-19(2)16-21/h4-10,16,20H,3,11-15,17-18H2,1-2H3,(H,27,30)/t26-/m1/s1. The number of rotatable bonds is 7. The normalized spacial score (nSPS) is 20.9. The summed E-state index contributed by atoms with van der Waals surface area (Å²) in [6, 6.07) is 16.9. The smallest absolute Gasteiger partial charge is 0.228 e. The van der Waals surface area contributed by atoms with Gasteiger partial charge in [0.25, 0.3) is 0 Å². The second kappa shape index (κ2) is 8.63. The summed E-state index contributed by atoms with van der Waals surface area (Å²) in [7, 11) is 0. The molecule has 1 saturated carbocycles. The summed E-state index contributed by atoms with van der Waals surface area (Å²) < 4.78 is 0. The molecule has 2 aromatic rings. The molecule has 2 aliphatic rings. The summed E-state index contributed by atoms with van der Waals surface area (Å²) >= 11 is 0. The maximum absolute atomic E-state index is 13.3. The Balaban J connectivity index is 1.64. The van der Waals surface area contributed by atoms with E-state index in [1.54, 1.807) is 0 Å². The van der Waals surface area contributed by atoms with E-state index >= 15 is 0 Å². The molecule has 4 rings (SSSR count). The number of nitrogens with zero attached hydrogens (tertiary/aromatic N) is 1. The lowest BCUT2D eigenvalue weighted by Crippen LogP contribution is -2.45. The first-order valence-electron chi connectivity index (χ1n) is 11.2. The molecule has 1 saturated heterocycles. The fourth-order valence-electron chi connectivity index (χ4n) is 4.62. The number of hydrogen-bond donors (Lipinski definition) is 1. The monoisotopic (exact) mass is 404 g/mol. The highest BCUT2D eigenvalue weighted by Gasteiger charge is 2.48. The zero-order valence-corrected chi connectivity index (χ0v) is 18.1. The maximum atomic E-state index is 13.3. The molecule has 0 spiro atoms. The molecule has 1 aliphatic heterocycles. The quantitative estimate of drug-likeness (QED) is 0.745. The average Bonchev–Trinajstić information content (AvgIpc) is 3.52. The van der Waals surface area contributed by atoms with Crippen LogP contribution in [0.1, 0.15) is 43.7 Å². The van der Waals surface area contributed by atoms with E-state index in [2.05, 4.69) is 61.6 Å². The Hall–Kier alpha value is -2.62. The Kier molecular flexibility index (Phi) is 5.94. The van der Waals surface area contributed by atoms with Crippen molar-refractivity contribution in [2.45, 2.75) is 46.0 Å². The minimum absolute atomic E-state index is 0.0921. The van der Waals surface area contributed by atoms with Crippen LogP contribution in [0.15, 0.2) is 48.5 Å². The molecule has 2 fully saturated rings. The molecular formula is C26H32N2O2. The van der Waals surface area contributed by atoms with Crippen molar-refractivity contribution in [3.63, 3.8) is 0 Å². The van der Waals surface area contributed by atoms with Gasteiger partial charge >= 0.3 is 0 Å².